The van der Waals surface area contributed by atoms with Crippen LogP contribution in [0.5, 0.6) is 0 Å². The fraction of sp³-hybridized carbons (Fsp3) is 0.393. The molecule has 6 nitrogen and oxygen atoms in total. The second-order valence-corrected chi connectivity index (χ2v) is 10.3. The van der Waals surface area contributed by atoms with Crippen molar-refractivity contribution < 1.29 is 23.9 Å². The molecule has 7 heteroatoms. The van der Waals surface area contributed by atoms with E-state index in [0.717, 1.165) is 27.8 Å². The highest BCUT2D eigenvalue weighted by Crippen LogP contribution is 2.46. The quantitative estimate of drug-likeness (QED) is 0.339. The summed E-state index contributed by atoms with van der Waals surface area (Å²) >= 11 is 1.70. The molecule has 1 aliphatic heterocycles. The van der Waals surface area contributed by atoms with E-state index in [1.807, 2.05) is 56.3 Å². The third-order valence-electron chi connectivity index (χ3n) is 6.76. The summed E-state index contributed by atoms with van der Waals surface area (Å²) in [4.78, 5) is 39.9. The fourth-order valence-corrected chi connectivity index (χ4v) is 5.67. The van der Waals surface area contributed by atoms with Gasteiger partial charge >= 0.3 is 11.9 Å². The molecule has 0 saturated heterocycles. The molecule has 184 valence electrons. The average molecular weight is 494 g/mol. The number of benzene rings is 2. The van der Waals surface area contributed by atoms with Crippen LogP contribution in [0, 0.1) is 11.8 Å². The number of nitrogens with one attached hydrogen (secondary N) is 1. The van der Waals surface area contributed by atoms with Gasteiger partial charge in [0.1, 0.15) is 12.5 Å². The number of hydrogen-bond donors (Lipinski definition) is 1. The molecular formula is C28H31NO5S. The predicted molar refractivity (Wildman–Crippen MR) is 138 cm³/mol. The Balaban J connectivity index is 1.87. The highest BCUT2D eigenvalue weighted by atomic mass is 32.2. The molecule has 2 aromatic carbocycles. The van der Waals surface area contributed by atoms with Crippen molar-refractivity contribution in [2.45, 2.75) is 33.1 Å². The summed E-state index contributed by atoms with van der Waals surface area (Å²) in [7, 11) is 1.30. The van der Waals surface area contributed by atoms with Crippen molar-refractivity contribution in [2.75, 3.05) is 25.2 Å². The normalized spacial score (nSPS) is 22.1. The molecule has 35 heavy (non-hydrogen) atoms. The number of dihydropyridines is 1. The van der Waals surface area contributed by atoms with Gasteiger partial charge < -0.3 is 14.8 Å². The van der Waals surface area contributed by atoms with Crippen molar-refractivity contribution in [3.05, 3.63) is 70.6 Å². The van der Waals surface area contributed by atoms with Crippen LogP contribution in [0.1, 0.15) is 38.7 Å². The Morgan fingerprint density at radius 3 is 2.63 bits per heavy atom. The molecule has 0 radical (unpaired) electrons. The molecule has 0 aromatic heterocycles. The zero-order valence-electron chi connectivity index (χ0n) is 20.6. The van der Waals surface area contributed by atoms with Crippen LogP contribution >= 0.6 is 11.8 Å². The van der Waals surface area contributed by atoms with Crippen molar-refractivity contribution in [3.8, 4) is 0 Å². The van der Waals surface area contributed by atoms with Crippen LogP contribution in [-0.2, 0) is 23.9 Å². The van der Waals surface area contributed by atoms with Gasteiger partial charge in [0, 0.05) is 28.6 Å². The lowest BCUT2D eigenvalue weighted by Gasteiger charge is -2.38. The Hall–Kier alpha value is -3.06. The van der Waals surface area contributed by atoms with Crippen LogP contribution in [0.3, 0.4) is 0 Å². The SMILES string of the molecule is CCSCCOC(=O)C1=C(C)NC2=C(C(=O)[C@H](C(=O)OC)[C@H](C)C2)[C@H]1c1cccc2ccccc12. The minimum atomic E-state index is -0.908. The molecule has 0 amide bonds. The first-order valence-electron chi connectivity index (χ1n) is 11.9. The Morgan fingerprint density at radius 1 is 1.14 bits per heavy atom. The molecule has 3 atom stereocenters. The lowest BCUT2D eigenvalue weighted by Crippen LogP contribution is -2.43. The number of carbonyl (C=O) groups is 3. The van der Waals surface area contributed by atoms with Crippen molar-refractivity contribution >= 4 is 40.3 Å². The van der Waals surface area contributed by atoms with Gasteiger partial charge in [-0.1, -0.05) is 56.3 Å². The summed E-state index contributed by atoms with van der Waals surface area (Å²) in [6, 6.07) is 13.8. The van der Waals surface area contributed by atoms with Crippen LogP contribution < -0.4 is 5.32 Å². The number of allylic oxidation sites excluding steroid dienone is 3. The first-order valence-corrected chi connectivity index (χ1v) is 13.1. The molecule has 0 fully saturated rings. The van der Waals surface area contributed by atoms with Gasteiger partial charge in [-0.25, -0.2) is 4.79 Å². The Labute approximate surface area is 210 Å². The molecule has 1 aliphatic carbocycles. The zero-order valence-corrected chi connectivity index (χ0v) is 21.4. The molecule has 4 rings (SSSR count). The predicted octanol–water partition coefficient (Wildman–Crippen LogP) is 4.75. The molecule has 0 spiro atoms. The monoisotopic (exact) mass is 493 g/mol. The van der Waals surface area contributed by atoms with Crippen LogP contribution in [0.2, 0.25) is 0 Å². The fourth-order valence-electron chi connectivity index (χ4n) is 5.18. The van der Waals surface area contributed by atoms with Crippen LogP contribution in [-0.4, -0.2) is 42.9 Å². The second-order valence-electron chi connectivity index (χ2n) is 8.94. The van der Waals surface area contributed by atoms with E-state index in [1.54, 1.807) is 11.8 Å². The Kier molecular flexibility index (Phi) is 7.65. The molecule has 2 aliphatic rings. The minimum absolute atomic E-state index is 0.221. The number of ether oxygens (including phenoxy) is 2. The van der Waals surface area contributed by atoms with E-state index in [4.69, 9.17) is 9.47 Å². The summed E-state index contributed by atoms with van der Waals surface area (Å²) in [6.07, 6.45) is 0.509. The third kappa shape index (κ3) is 4.74. The minimum Gasteiger partial charge on any atom is -0.468 e. The number of fused-ring (bicyclic) bond motifs is 1. The lowest BCUT2D eigenvalue weighted by molar-refractivity contribution is -0.151. The number of hydrogen-bond acceptors (Lipinski definition) is 7. The van der Waals surface area contributed by atoms with Gasteiger partial charge in [-0.15, -0.1) is 0 Å². The number of rotatable bonds is 7. The van der Waals surface area contributed by atoms with Crippen molar-refractivity contribution in [2.24, 2.45) is 11.8 Å². The molecule has 1 N–H and O–H groups in total. The van der Waals surface area contributed by atoms with Gasteiger partial charge in [0.25, 0.3) is 0 Å². The van der Waals surface area contributed by atoms with Crippen LogP contribution in [0.15, 0.2) is 65.0 Å². The summed E-state index contributed by atoms with van der Waals surface area (Å²) in [5.74, 6) is -1.41. The molecule has 0 saturated carbocycles. The van der Waals surface area contributed by atoms with Crippen LogP contribution in [0.25, 0.3) is 10.8 Å². The number of ketones is 1. The summed E-state index contributed by atoms with van der Waals surface area (Å²) in [6.45, 7) is 6.08. The zero-order chi connectivity index (χ0) is 25.1. The molecule has 2 aromatic rings. The van der Waals surface area contributed by atoms with E-state index in [9.17, 15) is 14.4 Å². The van der Waals surface area contributed by atoms with E-state index >= 15 is 0 Å². The van der Waals surface area contributed by atoms with Crippen LogP contribution in [0.4, 0.5) is 0 Å². The smallest absolute Gasteiger partial charge is 0.336 e. The van der Waals surface area contributed by atoms with E-state index in [1.165, 1.54) is 7.11 Å². The molecule has 0 unspecified atom stereocenters. The highest BCUT2D eigenvalue weighted by Gasteiger charge is 2.47. The highest BCUT2D eigenvalue weighted by molar-refractivity contribution is 7.99. The van der Waals surface area contributed by atoms with E-state index in [0.29, 0.717) is 29.0 Å². The average Bonchev–Trinajstić information content (AvgIpc) is 2.85. The molecule has 0 bridgehead atoms. The van der Waals surface area contributed by atoms with Crippen molar-refractivity contribution in [1.29, 1.82) is 0 Å². The Bertz CT molecular complexity index is 1230. The van der Waals surface area contributed by atoms with Gasteiger partial charge in [-0.05, 0) is 41.4 Å². The lowest BCUT2D eigenvalue weighted by atomic mass is 9.68. The molecular weight excluding hydrogens is 462 g/mol. The topological polar surface area (TPSA) is 81.7 Å². The number of Topliss-reactive ketones (excluding diaryl/α,β-unsaturated/α-hetero) is 1. The van der Waals surface area contributed by atoms with Gasteiger partial charge in [0.15, 0.2) is 5.78 Å². The molecule has 1 heterocycles. The van der Waals surface area contributed by atoms with Crippen molar-refractivity contribution in [1.82, 2.24) is 5.32 Å². The number of thioether (sulfide) groups is 1. The second kappa shape index (κ2) is 10.7. The Morgan fingerprint density at radius 2 is 1.89 bits per heavy atom. The van der Waals surface area contributed by atoms with Gasteiger partial charge in [0.05, 0.1) is 12.7 Å². The van der Waals surface area contributed by atoms with E-state index in [-0.39, 0.29) is 18.3 Å². The van der Waals surface area contributed by atoms with Gasteiger partial charge in [-0.3, -0.25) is 9.59 Å². The number of esters is 2. The summed E-state index contributed by atoms with van der Waals surface area (Å²) in [5, 5.41) is 5.28. The van der Waals surface area contributed by atoms with E-state index < -0.39 is 23.8 Å². The first-order chi connectivity index (χ1) is 16.9. The number of carbonyl (C=O) groups excluding carboxylic acids is 3. The standard InChI is InChI=1S/C28H31NO5S/c1-5-35-14-13-34-28(32)23-17(3)29-21-15-16(2)22(27(31)33-4)26(30)25(21)24(23)20-12-8-10-18-9-6-7-11-19(18)20/h6-12,16,22,24,29H,5,13-15H2,1-4H3/t16-,22-,24+/m1/s1. The first kappa shape index (κ1) is 25.0. The maximum absolute atomic E-state index is 13.9. The summed E-state index contributed by atoms with van der Waals surface area (Å²) < 4.78 is 10.7. The number of methoxy groups -OCH3 is 1. The maximum atomic E-state index is 13.9. The maximum Gasteiger partial charge on any atom is 0.336 e. The van der Waals surface area contributed by atoms with Gasteiger partial charge in [-0.2, -0.15) is 11.8 Å². The van der Waals surface area contributed by atoms with Crippen molar-refractivity contribution in [3.63, 3.8) is 0 Å². The summed E-state index contributed by atoms with van der Waals surface area (Å²) in [5.41, 5.74) is 3.14. The van der Waals surface area contributed by atoms with Gasteiger partial charge in [0.2, 0.25) is 0 Å². The third-order valence-corrected chi connectivity index (χ3v) is 7.63. The largest absolute Gasteiger partial charge is 0.468 e. The van der Waals surface area contributed by atoms with E-state index in [2.05, 4.69) is 12.2 Å².